The van der Waals surface area contributed by atoms with Gasteiger partial charge in [0.2, 0.25) is 0 Å². The predicted molar refractivity (Wildman–Crippen MR) is 75.5 cm³/mol. The maximum atomic E-state index is 12.0. The Hall–Kier alpha value is -2.14. The molecule has 1 heterocycles. The SMILES string of the molecule is C=CCC(NC(=O)c1cc2ccccc2s1)C(=O)O. The molecule has 0 bridgehead atoms. The van der Waals surface area contributed by atoms with Crippen LogP contribution in [-0.2, 0) is 4.79 Å². The van der Waals surface area contributed by atoms with E-state index in [9.17, 15) is 9.59 Å². The van der Waals surface area contributed by atoms with E-state index >= 15 is 0 Å². The fourth-order valence-electron chi connectivity index (χ4n) is 1.71. The molecule has 4 nitrogen and oxygen atoms in total. The number of nitrogens with one attached hydrogen (secondary N) is 1. The number of carboxylic acids is 1. The molecule has 0 fully saturated rings. The van der Waals surface area contributed by atoms with Crippen molar-refractivity contribution in [2.45, 2.75) is 12.5 Å². The van der Waals surface area contributed by atoms with Crippen molar-refractivity contribution in [2.75, 3.05) is 0 Å². The monoisotopic (exact) mass is 275 g/mol. The van der Waals surface area contributed by atoms with Crippen LogP contribution in [0.5, 0.6) is 0 Å². The average molecular weight is 275 g/mol. The summed E-state index contributed by atoms with van der Waals surface area (Å²) in [6, 6.07) is 8.47. The Bertz CT molecular complexity index is 599. The molecule has 1 aromatic carbocycles. The molecule has 1 atom stereocenters. The molecule has 0 aliphatic heterocycles. The summed E-state index contributed by atoms with van der Waals surface area (Å²) in [6.45, 7) is 3.49. The molecule has 0 saturated heterocycles. The summed E-state index contributed by atoms with van der Waals surface area (Å²) in [4.78, 5) is 23.5. The van der Waals surface area contributed by atoms with Crippen LogP contribution >= 0.6 is 11.3 Å². The van der Waals surface area contributed by atoms with Crippen LogP contribution in [0.1, 0.15) is 16.1 Å². The lowest BCUT2D eigenvalue weighted by molar-refractivity contribution is -0.139. The summed E-state index contributed by atoms with van der Waals surface area (Å²) < 4.78 is 1.00. The number of aliphatic carboxylic acids is 1. The smallest absolute Gasteiger partial charge is 0.326 e. The van der Waals surface area contributed by atoms with Crippen molar-refractivity contribution in [1.82, 2.24) is 5.32 Å². The fourth-order valence-corrected chi connectivity index (χ4v) is 2.68. The Labute approximate surface area is 114 Å². The number of amides is 1. The van der Waals surface area contributed by atoms with Crippen LogP contribution in [-0.4, -0.2) is 23.0 Å². The van der Waals surface area contributed by atoms with Gasteiger partial charge in [0.05, 0.1) is 4.88 Å². The molecular weight excluding hydrogens is 262 g/mol. The summed E-state index contributed by atoms with van der Waals surface area (Å²) in [7, 11) is 0. The van der Waals surface area contributed by atoms with E-state index in [1.54, 1.807) is 6.07 Å². The number of carbonyl (C=O) groups excluding carboxylic acids is 1. The largest absolute Gasteiger partial charge is 0.480 e. The number of carbonyl (C=O) groups is 2. The van der Waals surface area contributed by atoms with Crippen LogP contribution < -0.4 is 5.32 Å². The van der Waals surface area contributed by atoms with Gasteiger partial charge in [-0.25, -0.2) is 4.79 Å². The van der Waals surface area contributed by atoms with Crippen molar-refractivity contribution in [1.29, 1.82) is 0 Å². The van der Waals surface area contributed by atoms with Gasteiger partial charge in [0.25, 0.3) is 5.91 Å². The van der Waals surface area contributed by atoms with Crippen LogP contribution in [0.4, 0.5) is 0 Å². The third-order valence-corrected chi connectivity index (χ3v) is 3.77. The molecule has 0 saturated carbocycles. The molecule has 2 aromatic rings. The Morgan fingerprint density at radius 1 is 1.42 bits per heavy atom. The third-order valence-electron chi connectivity index (χ3n) is 2.66. The molecule has 98 valence electrons. The van der Waals surface area contributed by atoms with Gasteiger partial charge in [-0.15, -0.1) is 17.9 Å². The maximum absolute atomic E-state index is 12.0. The van der Waals surface area contributed by atoms with Gasteiger partial charge >= 0.3 is 5.97 Å². The van der Waals surface area contributed by atoms with Crippen molar-refractivity contribution in [2.24, 2.45) is 0 Å². The summed E-state index contributed by atoms with van der Waals surface area (Å²) in [5, 5.41) is 12.5. The van der Waals surface area contributed by atoms with E-state index in [4.69, 9.17) is 5.11 Å². The summed E-state index contributed by atoms with van der Waals surface area (Å²) in [6.07, 6.45) is 1.68. The number of hydrogen-bond donors (Lipinski definition) is 2. The minimum atomic E-state index is -1.06. The Morgan fingerprint density at radius 2 is 2.16 bits per heavy atom. The highest BCUT2D eigenvalue weighted by atomic mass is 32.1. The molecule has 0 radical (unpaired) electrons. The second kappa shape index (κ2) is 5.67. The van der Waals surface area contributed by atoms with E-state index in [1.807, 2.05) is 24.3 Å². The second-order valence-corrected chi connectivity index (χ2v) is 5.12. The quantitative estimate of drug-likeness (QED) is 0.824. The molecular formula is C14H13NO3S. The molecule has 2 N–H and O–H groups in total. The number of thiophene rings is 1. The first kappa shape index (κ1) is 13.3. The maximum Gasteiger partial charge on any atom is 0.326 e. The van der Waals surface area contributed by atoms with Crippen molar-refractivity contribution in [3.63, 3.8) is 0 Å². The van der Waals surface area contributed by atoms with Gasteiger partial charge in [-0.3, -0.25) is 4.79 Å². The van der Waals surface area contributed by atoms with Crippen LogP contribution in [0, 0.1) is 0 Å². The molecule has 0 spiro atoms. The van der Waals surface area contributed by atoms with Gasteiger partial charge in [-0.1, -0.05) is 24.3 Å². The Balaban J connectivity index is 2.18. The molecule has 0 aliphatic rings. The summed E-state index contributed by atoms with van der Waals surface area (Å²) >= 11 is 1.35. The first-order chi connectivity index (χ1) is 9.11. The first-order valence-electron chi connectivity index (χ1n) is 5.75. The van der Waals surface area contributed by atoms with Crippen molar-refractivity contribution < 1.29 is 14.7 Å². The van der Waals surface area contributed by atoms with E-state index in [2.05, 4.69) is 11.9 Å². The van der Waals surface area contributed by atoms with Gasteiger partial charge in [0, 0.05) is 4.70 Å². The van der Waals surface area contributed by atoms with E-state index in [0.717, 1.165) is 10.1 Å². The Morgan fingerprint density at radius 3 is 2.79 bits per heavy atom. The van der Waals surface area contributed by atoms with E-state index in [0.29, 0.717) is 4.88 Å². The van der Waals surface area contributed by atoms with Crippen LogP contribution in [0.3, 0.4) is 0 Å². The Kier molecular flexibility index (Phi) is 3.97. The molecule has 5 heteroatoms. The van der Waals surface area contributed by atoms with Crippen molar-refractivity contribution in [3.05, 3.63) is 47.9 Å². The van der Waals surface area contributed by atoms with E-state index < -0.39 is 12.0 Å². The fraction of sp³-hybridized carbons (Fsp3) is 0.143. The summed E-state index contributed by atoms with van der Waals surface area (Å²) in [5.74, 6) is -1.43. The number of hydrogen-bond acceptors (Lipinski definition) is 3. The van der Waals surface area contributed by atoms with Crippen LogP contribution in [0.15, 0.2) is 43.0 Å². The molecule has 1 aromatic heterocycles. The van der Waals surface area contributed by atoms with Crippen LogP contribution in [0.25, 0.3) is 10.1 Å². The zero-order chi connectivity index (χ0) is 13.8. The zero-order valence-electron chi connectivity index (χ0n) is 10.1. The summed E-state index contributed by atoms with van der Waals surface area (Å²) in [5.41, 5.74) is 0. The second-order valence-electron chi connectivity index (χ2n) is 4.04. The minimum Gasteiger partial charge on any atom is -0.480 e. The highest BCUT2D eigenvalue weighted by molar-refractivity contribution is 7.20. The van der Waals surface area contributed by atoms with Gasteiger partial charge in [-0.05, 0) is 23.9 Å². The highest BCUT2D eigenvalue weighted by Crippen LogP contribution is 2.25. The number of benzene rings is 1. The lowest BCUT2D eigenvalue weighted by Crippen LogP contribution is -2.40. The van der Waals surface area contributed by atoms with Crippen molar-refractivity contribution in [3.8, 4) is 0 Å². The first-order valence-corrected chi connectivity index (χ1v) is 6.56. The predicted octanol–water partition coefficient (Wildman–Crippen LogP) is 2.66. The van der Waals surface area contributed by atoms with Crippen LogP contribution in [0.2, 0.25) is 0 Å². The van der Waals surface area contributed by atoms with Gasteiger partial charge in [0.1, 0.15) is 6.04 Å². The minimum absolute atomic E-state index is 0.200. The molecule has 1 amide bonds. The molecule has 0 aliphatic carbocycles. The normalized spacial score (nSPS) is 12.0. The van der Waals surface area contributed by atoms with Gasteiger partial charge in [0.15, 0.2) is 0 Å². The number of rotatable bonds is 5. The molecule has 1 unspecified atom stereocenters. The zero-order valence-corrected chi connectivity index (χ0v) is 10.9. The van der Waals surface area contributed by atoms with Gasteiger partial charge < -0.3 is 10.4 Å². The van der Waals surface area contributed by atoms with E-state index in [-0.39, 0.29) is 12.3 Å². The number of fused-ring (bicyclic) bond motifs is 1. The topological polar surface area (TPSA) is 66.4 Å². The van der Waals surface area contributed by atoms with Crippen molar-refractivity contribution >= 4 is 33.3 Å². The van der Waals surface area contributed by atoms with Gasteiger partial charge in [-0.2, -0.15) is 0 Å². The molecule has 19 heavy (non-hydrogen) atoms. The standard InChI is InChI=1S/C14H13NO3S/c1-2-5-10(14(17)18)15-13(16)12-8-9-6-3-4-7-11(9)19-12/h2-4,6-8,10H,1,5H2,(H,15,16)(H,17,18). The molecule has 2 rings (SSSR count). The lowest BCUT2D eigenvalue weighted by atomic mass is 10.2. The van der Waals surface area contributed by atoms with E-state index in [1.165, 1.54) is 17.4 Å². The average Bonchev–Trinajstić information content (AvgIpc) is 2.81. The number of carboxylic acid groups (broad SMARTS) is 1. The highest BCUT2D eigenvalue weighted by Gasteiger charge is 2.20. The third kappa shape index (κ3) is 3.00. The lowest BCUT2D eigenvalue weighted by Gasteiger charge is -2.11.